The van der Waals surface area contributed by atoms with Crippen molar-refractivity contribution in [2.45, 2.75) is 100 Å². The zero-order chi connectivity index (χ0) is 37.4. The van der Waals surface area contributed by atoms with E-state index in [9.17, 15) is 5.21 Å². The van der Waals surface area contributed by atoms with E-state index in [1.165, 1.54) is 6.33 Å². The molecule has 8 rings (SSSR count). The maximum Gasteiger partial charge on any atom is 0.308 e. The first-order chi connectivity index (χ1) is 23.7. The van der Waals surface area contributed by atoms with Gasteiger partial charge < -0.3 is 9.77 Å². The van der Waals surface area contributed by atoms with E-state index in [2.05, 4.69) is 113 Å². The van der Waals surface area contributed by atoms with E-state index in [0.29, 0.717) is 15.9 Å². The number of rotatable bonds is 0. The summed E-state index contributed by atoms with van der Waals surface area (Å²) < 4.78 is 11.0. The van der Waals surface area contributed by atoms with Crippen LogP contribution >= 0.6 is 0 Å². The van der Waals surface area contributed by atoms with Crippen LogP contribution in [0.5, 0.6) is 0 Å². The molecule has 18 heteroatoms. The number of fused-ring (bicyclic) bond motifs is 1. The van der Waals surface area contributed by atoms with Crippen LogP contribution in [0.4, 0.5) is 11.6 Å². The Kier molecular flexibility index (Phi) is 9.18. The number of hydrogen-bond donors (Lipinski definition) is 2. The summed E-state index contributed by atoms with van der Waals surface area (Å²) in [4.78, 5) is 25.6. The third kappa shape index (κ3) is 6.32. The lowest BCUT2D eigenvalue weighted by atomic mass is 10.1. The van der Waals surface area contributed by atoms with Crippen LogP contribution in [-0.4, -0.2) is 79.3 Å². The molecule has 0 bridgehead atoms. The first-order valence-corrected chi connectivity index (χ1v) is 16.5. The van der Waals surface area contributed by atoms with E-state index in [4.69, 9.17) is 5.41 Å². The van der Waals surface area contributed by atoms with Crippen molar-refractivity contribution in [1.29, 1.82) is 5.41 Å². The molecule has 276 valence electrons. The summed E-state index contributed by atoms with van der Waals surface area (Å²) >= 11 is 0. The van der Waals surface area contributed by atoms with Crippen molar-refractivity contribution in [2.24, 2.45) is 10.2 Å². The Balaban J connectivity index is 0.000000150. The van der Waals surface area contributed by atoms with E-state index in [1.54, 1.807) is 29.0 Å². The highest BCUT2D eigenvalue weighted by Crippen LogP contribution is 2.27. The molecular formula is C34H51N17O+2. The van der Waals surface area contributed by atoms with Gasteiger partial charge in [-0.2, -0.15) is 14.7 Å². The van der Waals surface area contributed by atoms with Gasteiger partial charge in [0.25, 0.3) is 0 Å². The molecular weight excluding hydrogens is 662 g/mol. The summed E-state index contributed by atoms with van der Waals surface area (Å²) in [6.45, 7) is 23.0. The lowest BCUT2D eigenvalue weighted by Gasteiger charge is -2.20. The van der Waals surface area contributed by atoms with Crippen LogP contribution in [0.2, 0.25) is 0 Å². The monoisotopic (exact) mass is 713 g/mol. The van der Waals surface area contributed by atoms with E-state index in [0.717, 1.165) is 45.6 Å². The smallest absolute Gasteiger partial charge is 0.308 e. The minimum absolute atomic E-state index is 0. The normalized spacial score (nSPS) is 14.0. The highest BCUT2D eigenvalue weighted by atomic mass is 16.5. The fourth-order valence-electron chi connectivity index (χ4n) is 5.93. The number of hydrazone groups is 2. The first-order valence-electron chi connectivity index (χ1n) is 16.5. The van der Waals surface area contributed by atoms with E-state index in [-0.39, 0.29) is 29.5 Å². The highest BCUT2D eigenvalue weighted by molar-refractivity contribution is 5.98. The minimum atomic E-state index is -0.143. The van der Waals surface area contributed by atoms with E-state index >= 15 is 0 Å². The maximum absolute atomic E-state index is 9.25. The van der Waals surface area contributed by atoms with Crippen molar-refractivity contribution in [1.82, 2.24) is 48.3 Å². The summed E-state index contributed by atoms with van der Waals surface area (Å²) in [6.07, 6.45) is 10.1. The molecule has 8 heterocycles. The van der Waals surface area contributed by atoms with Crippen LogP contribution in [0, 0.1) is 5.41 Å². The Morgan fingerprint density at radius 2 is 1.10 bits per heavy atom. The van der Waals surface area contributed by atoms with Crippen LogP contribution in [-0.2, 0) is 16.6 Å². The Morgan fingerprint density at radius 1 is 0.654 bits per heavy atom. The molecule has 2 aliphatic rings. The van der Waals surface area contributed by atoms with Gasteiger partial charge in [-0.15, -0.1) is 10.2 Å². The molecule has 6 aromatic rings. The van der Waals surface area contributed by atoms with Crippen molar-refractivity contribution >= 4 is 56.8 Å². The zero-order valence-corrected chi connectivity index (χ0v) is 31.6. The zero-order valence-electron chi connectivity index (χ0n) is 31.6. The number of aromatic nitrogens is 12. The van der Waals surface area contributed by atoms with Crippen molar-refractivity contribution in [3.8, 4) is 0 Å². The van der Waals surface area contributed by atoms with Gasteiger partial charge in [-0.25, -0.2) is 38.3 Å². The van der Waals surface area contributed by atoms with Gasteiger partial charge in [-0.1, -0.05) is 17.4 Å². The molecule has 6 aromatic heterocycles. The molecule has 0 radical (unpaired) electrons. The molecule has 0 aliphatic carbocycles. The maximum atomic E-state index is 9.25. The van der Waals surface area contributed by atoms with Gasteiger partial charge in [0.2, 0.25) is 11.0 Å². The number of nitrogens with zero attached hydrogens (tertiary/aromatic N) is 16. The average molecular weight is 714 g/mol. The molecule has 0 atom stereocenters. The fraction of sp³-hybridized carbons (Fsp3) is 0.500. The summed E-state index contributed by atoms with van der Waals surface area (Å²) in [7, 11) is 3.81. The van der Waals surface area contributed by atoms with Crippen LogP contribution in [0.3, 0.4) is 0 Å². The summed E-state index contributed by atoms with van der Waals surface area (Å²) in [5.74, 6) is 3.53. The Bertz CT molecular complexity index is 2300. The molecule has 2 N–H and O–H groups in total. The molecule has 0 fully saturated rings. The SMILES string of the molecule is C.CC(C)(C)n1cnc2c(=N)n(O)cnc21.CC1=NN(C)c2ncnc3c2n1c[n+]3C(C)(C)C.CC1=NN(C)c2ncnc3c2n1c[n+]3C(C)(C)C. The topological polar surface area (TPSA) is 180 Å². The van der Waals surface area contributed by atoms with Gasteiger partial charge in [0.05, 0.1) is 17.4 Å². The number of nitrogens with one attached hydrogen (secondary N) is 1. The molecule has 0 unspecified atom stereocenters. The third-order valence-electron chi connectivity index (χ3n) is 8.52. The Labute approximate surface area is 302 Å². The summed E-state index contributed by atoms with van der Waals surface area (Å²) in [5, 5.41) is 29.4. The molecule has 0 spiro atoms. The van der Waals surface area contributed by atoms with Crippen molar-refractivity contribution in [3.63, 3.8) is 0 Å². The number of hydrogen-bond acceptors (Lipinski definition) is 12. The molecule has 52 heavy (non-hydrogen) atoms. The summed E-state index contributed by atoms with van der Waals surface area (Å²) in [6, 6.07) is 0. The fourth-order valence-corrected chi connectivity index (χ4v) is 5.93. The Hall–Kier alpha value is -5.81. The van der Waals surface area contributed by atoms with Gasteiger partial charge in [0.1, 0.15) is 6.33 Å². The summed E-state index contributed by atoms with van der Waals surface area (Å²) in [5.41, 5.74) is 4.66. The van der Waals surface area contributed by atoms with E-state index in [1.807, 2.05) is 53.3 Å². The third-order valence-corrected chi connectivity index (χ3v) is 8.52. The van der Waals surface area contributed by atoms with Crippen molar-refractivity contribution < 1.29 is 14.3 Å². The van der Waals surface area contributed by atoms with E-state index < -0.39 is 0 Å². The second kappa shape index (κ2) is 12.8. The minimum Gasteiger partial charge on any atom is -0.425 e. The Morgan fingerprint density at radius 3 is 1.50 bits per heavy atom. The number of anilines is 2. The molecule has 0 saturated heterocycles. The standard InChI is InChI=1S/2C12H17N6.C9H13N5O.CH4/c2*1-8-15-16(5)10-9-11(14-6-13-10)18(7-17(8)9)12(2,3)4;1-9(2,3)13-4-11-6-7(10)14(15)5-12-8(6)13;/h2*6-7H,1-5H3;4-5,10,15H,1-3H3;1H4/q2*+1;;. The lowest BCUT2D eigenvalue weighted by Crippen LogP contribution is -2.49. The highest BCUT2D eigenvalue weighted by Gasteiger charge is 2.34. The molecule has 2 aliphatic heterocycles. The van der Waals surface area contributed by atoms with Crippen LogP contribution in [0.25, 0.3) is 33.5 Å². The molecule has 0 saturated carbocycles. The van der Waals surface area contributed by atoms with Crippen LogP contribution < -0.4 is 24.6 Å². The molecule has 18 nitrogen and oxygen atoms in total. The molecule has 0 amide bonds. The quantitative estimate of drug-likeness (QED) is 0.176. The molecule has 0 aromatic carbocycles. The van der Waals surface area contributed by atoms with Gasteiger partial charge in [-0.05, 0) is 62.3 Å². The second-order valence-corrected chi connectivity index (χ2v) is 15.5. The predicted molar refractivity (Wildman–Crippen MR) is 200 cm³/mol. The van der Waals surface area contributed by atoms with Gasteiger partial charge >= 0.3 is 11.3 Å². The van der Waals surface area contributed by atoms with Crippen molar-refractivity contribution in [2.75, 3.05) is 24.1 Å². The lowest BCUT2D eigenvalue weighted by molar-refractivity contribution is -0.732. The number of imidazole rings is 3. The largest absolute Gasteiger partial charge is 0.425 e. The predicted octanol–water partition coefficient (Wildman–Crippen LogP) is 3.55. The second-order valence-electron chi connectivity index (χ2n) is 15.5. The van der Waals surface area contributed by atoms with Crippen LogP contribution in [0.1, 0.15) is 83.6 Å². The first kappa shape index (κ1) is 37.4. The van der Waals surface area contributed by atoms with Gasteiger partial charge in [0.15, 0.2) is 65.3 Å². The van der Waals surface area contributed by atoms with Crippen molar-refractivity contribution in [3.05, 3.63) is 43.5 Å². The van der Waals surface area contributed by atoms with Gasteiger partial charge in [0, 0.05) is 33.5 Å². The van der Waals surface area contributed by atoms with Crippen LogP contribution in [0.15, 0.2) is 48.2 Å². The average Bonchev–Trinajstić information content (AvgIpc) is 3.76. The van der Waals surface area contributed by atoms with Gasteiger partial charge in [-0.3, -0.25) is 5.41 Å².